The average Bonchev–Trinajstić information content (AvgIpc) is 2.41. The fraction of sp³-hybridized carbons (Fsp3) is 0.133. The Morgan fingerprint density at radius 3 is 2.53 bits per heavy atom. The van der Waals surface area contributed by atoms with E-state index in [1.165, 1.54) is 17.3 Å². The van der Waals surface area contributed by atoms with Gasteiger partial charge in [-0.2, -0.15) is 0 Å². The number of hydrogen-bond acceptors (Lipinski definition) is 3. The van der Waals surface area contributed by atoms with Gasteiger partial charge in [-0.15, -0.1) is 11.8 Å². The Morgan fingerprint density at radius 1 is 1.16 bits per heavy atom. The van der Waals surface area contributed by atoms with Crippen molar-refractivity contribution >= 4 is 23.4 Å². The largest absolute Gasteiger partial charge is 0.506 e. The van der Waals surface area contributed by atoms with Crippen molar-refractivity contribution in [2.75, 3.05) is 11.1 Å². The number of nitrogens with one attached hydrogen (secondary N) is 1. The summed E-state index contributed by atoms with van der Waals surface area (Å²) in [4.78, 5) is 12.8. The van der Waals surface area contributed by atoms with Gasteiger partial charge in [-0.1, -0.05) is 29.8 Å². The van der Waals surface area contributed by atoms with Crippen LogP contribution in [0.4, 0.5) is 5.69 Å². The lowest BCUT2D eigenvalue weighted by molar-refractivity contribution is -0.113. The van der Waals surface area contributed by atoms with Crippen molar-refractivity contribution in [3.05, 3.63) is 54.1 Å². The average molecular weight is 273 g/mol. The van der Waals surface area contributed by atoms with Crippen LogP contribution in [0, 0.1) is 6.92 Å². The number of hydrogen-bond donors (Lipinski definition) is 2. The molecular formula is C15H15NO2S. The van der Waals surface area contributed by atoms with Crippen LogP contribution in [0.2, 0.25) is 0 Å². The minimum atomic E-state index is -0.132. The zero-order valence-corrected chi connectivity index (χ0v) is 11.4. The van der Waals surface area contributed by atoms with E-state index in [1.54, 1.807) is 24.3 Å². The fourth-order valence-electron chi connectivity index (χ4n) is 1.55. The van der Waals surface area contributed by atoms with Crippen LogP contribution in [0.15, 0.2) is 53.4 Å². The van der Waals surface area contributed by atoms with Gasteiger partial charge in [0.15, 0.2) is 0 Å². The number of carbonyl (C=O) groups excluding carboxylic acids is 1. The molecule has 0 aliphatic carbocycles. The second-order valence-electron chi connectivity index (χ2n) is 4.17. The molecule has 2 aromatic rings. The summed E-state index contributed by atoms with van der Waals surface area (Å²) in [6.07, 6.45) is 0. The van der Waals surface area contributed by atoms with Gasteiger partial charge in [-0.05, 0) is 31.2 Å². The molecule has 0 spiro atoms. The molecular weight excluding hydrogens is 258 g/mol. The maximum atomic E-state index is 11.8. The van der Waals surface area contributed by atoms with Crippen molar-refractivity contribution < 1.29 is 9.90 Å². The number of rotatable bonds is 4. The van der Waals surface area contributed by atoms with Crippen LogP contribution in [0.3, 0.4) is 0 Å². The van der Waals surface area contributed by atoms with E-state index in [-0.39, 0.29) is 11.7 Å². The Bertz CT molecular complexity index is 567. The molecule has 0 atom stereocenters. The van der Waals surface area contributed by atoms with Crippen LogP contribution in [-0.4, -0.2) is 16.8 Å². The summed E-state index contributed by atoms with van der Waals surface area (Å²) in [5.74, 6) is 0.264. The van der Waals surface area contributed by atoms with E-state index in [2.05, 4.69) is 5.32 Å². The summed E-state index contributed by atoms with van der Waals surface area (Å²) in [6, 6.07) is 14.7. The molecule has 2 rings (SSSR count). The number of benzene rings is 2. The number of aromatic hydroxyl groups is 1. The summed E-state index contributed by atoms with van der Waals surface area (Å²) in [7, 11) is 0. The highest BCUT2D eigenvalue weighted by molar-refractivity contribution is 8.00. The van der Waals surface area contributed by atoms with E-state index < -0.39 is 0 Å². The van der Waals surface area contributed by atoms with Crippen molar-refractivity contribution in [2.24, 2.45) is 0 Å². The lowest BCUT2D eigenvalue weighted by Gasteiger charge is -2.06. The van der Waals surface area contributed by atoms with Crippen molar-refractivity contribution in [3.63, 3.8) is 0 Å². The summed E-state index contributed by atoms with van der Waals surface area (Å²) < 4.78 is 0. The molecule has 3 nitrogen and oxygen atoms in total. The Hall–Kier alpha value is -1.94. The Labute approximate surface area is 116 Å². The third-order valence-corrected chi connectivity index (χ3v) is 3.58. The van der Waals surface area contributed by atoms with Crippen molar-refractivity contribution in [3.8, 4) is 5.75 Å². The number of thioether (sulfide) groups is 1. The topological polar surface area (TPSA) is 49.3 Å². The van der Waals surface area contributed by atoms with Crippen LogP contribution >= 0.6 is 11.8 Å². The molecule has 0 saturated carbocycles. The Balaban J connectivity index is 1.88. The van der Waals surface area contributed by atoms with Gasteiger partial charge < -0.3 is 10.4 Å². The van der Waals surface area contributed by atoms with Crippen LogP contribution in [0.1, 0.15) is 5.56 Å². The first-order chi connectivity index (χ1) is 9.15. The van der Waals surface area contributed by atoms with E-state index in [4.69, 9.17) is 0 Å². The van der Waals surface area contributed by atoms with Crippen LogP contribution in [0.25, 0.3) is 0 Å². The number of aryl methyl sites for hydroxylation is 1. The Morgan fingerprint density at radius 2 is 1.84 bits per heavy atom. The van der Waals surface area contributed by atoms with E-state index in [1.807, 2.05) is 31.2 Å². The van der Waals surface area contributed by atoms with Gasteiger partial charge in [0, 0.05) is 4.90 Å². The number of phenols is 1. The minimum Gasteiger partial charge on any atom is -0.506 e. The number of phenolic OH excluding ortho intramolecular Hbond substituents is 1. The highest BCUT2D eigenvalue weighted by atomic mass is 32.2. The van der Waals surface area contributed by atoms with Gasteiger partial charge in [0.2, 0.25) is 5.91 Å². The van der Waals surface area contributed by atoms with Crippen molar-refractivity contribution in [1.82, 2.24) is 0 Å². The second kappa shape index (κ2) is 6.29. The maximum absolute atomic E-state index is 11.8. The lowest BCUT2D eigenvalue weighted by atomic mass is 10.2. The van der Waals surface area contributed by atoms with Crippen molar-refractivity contribution in [1.29, 1.82) is 0 Å². The highest BCUT2D eigenvalue weighted by Gasteiger charge is 2.06. The molecule has 0 bridgehead atoms. The molecule has 2 N–H and O–H groups in total. The molecule has 0 unspecified atom stereocenters. The fourth-order valence-corrected chi connectivity index (χ4v) is 2.25. The summed E-state index contributed by atoms with van der Waals surface area (Å²) in [5, 5.41) is 12.2. The molecule has 0 saturated heterocycles. The summed E-state index contributed by atoms with van der Waals surface area (Å²) in [6.45, 7) is 2.03. The van der Waals surface area contributed by atoms with Gasteiger partial charge in [-0.3, -0.25) is 4.79 Å². The smallest absolute Gasteiger partial charge is 0.234 e. The molecule has 0 aromatic heterocycles. The molecule has 1 amide bonds. The molecule has 0 radical (unpaired) electrons. The van der Waals surface area contributed by atoms with Crippen LogP contribution in [-0.2, 0) is 4.79 Å². The van der Waals surface area contributed by atoms with Gasteiger partial charge in [0.05, 0.1) is 11.4 Å². The molecule has 98 valence electrons. The third-order valence-electron chi connectivity index (χ3n) is 2.57. The lowest BCUT2D eigenvalue weighted by Crippen LogP contribution is -2.13. The second-order valence-corrected chi connectivity index (χ2v) is 5.22. The molecule has 0 heterocycles. The molecule has 2 aromatic carbocycles. The maximum Gasteiger partial charge on any atom is 0.234 e. The molecule has 0 aliphatic rings. The quantitative estimate of drug-likeness (QED) is 0.663. The monoisotopic (exact) mass is 273 g/mol. The molecule has 4 heteroatoms. The van der Waals surface area contributed by atoms with E-state index in [0.29, 0.717) is 11.4 Å². The number of amides is 1. The van der Waals surface area contributed by atoms with Crippen LogP contribution in [0.5, 0.6) is 5.75 Å². The first-order valence-corrected chi connectivity index (χ1v) is 6.91. The van der Waals surface area contributed by atoms with Gasteiger partial charge in [0.25, 0.3) is 0 Å². The van der Waals surface area contributed by atoms with E-state index in [0.717, 1.165) is 4.90 Å². The Kier molecular flexibility index (Phi) is 4.47. The van der Waals surface area contributed by atoms with Gasteiger partial charge in [0.1, 0.15) is 5.75 Å². The predicted octanol–water partition coefficient (Wildman–Crippen LogP) is 3.43. The molecule has 0 fully saturated rings. The number of anilines is 1. The summed E-state index contributed by atoms with van der Waals surface area (Å²) >= 11 is 1.47. The zero-order chi connectivity index (χ0) is 13.7. The number of para-hydroxylation sites is 2. The third kappa shape index (κ3) is 4.03. The number of carbonyl (C=O) groups is 1. The zero-order valence-electron chi connectivity index (χ0n) is 10.6. The SMILES string of the molecule is Cc1ccc(SCC(=O)Nc2ccccc2O)cc1. The molecule has 0 aliphatic heterocycles. The minimum absolute atomic E-state index is 0.0798. The normalized spacial score (nSPS) is 10.2. The predicted molar refractivity (Wildman–Crippen MR) is 78.6 cm³/mol. The van der Waals surface area contributed by atoms with Crippen LogP contribution < -0.4 is 5.32 Å². The van der Waals surface area contributed by atoms with Gasteiger partial charge in [-0.25, -0.2) is 0 Å². The van der Waals surface area contributed by atoms with Crippen molar-refractivity contribution in [2.45, 2.75) is 11.8 Å². The van der Waals surface area contributed by atoms with E-state index >= 15 is 0 Å². The molecule has 19 heavy (non-hydrogen) atoms. The van der Waals surface area contributed by atoms with E-state index in [9.17, 15) is 9.90 Å². The first kappa shape index (κ1) is 13.5. The highest BCUT2D eigenvalue weighted by Crippen LogP contribution is 2.23. The summed E-state index contributed by atoms with van der Waals surface area (Å²) in [5.41, 5.74) is 1.64. The van der Waals surface area contributed by atoms with Gasteiger partial charge >= 0.3 is 0 Å². The first-order valence-electron chi connectivity index (χ1n) is 5.92. The standard InChI is InChI=1S/C15H15NO2S/c1-11-6-8-12(9-7-11)19-10-15(18)16-13-4-2-3-5-14(13)17/h2-9,17H,10H2,1H3,(H,16,18).